The molecule has 0 bridgehead atoms. The average Bonchev–Trinajstić information content (AvgIpc) is 3.23. The molecule has 1 fully saturated rings. The lowest BCUT2D eigenvalue weighted by atomic mass is 10.1. The number of fused-ring (bicyclic) bond motifs is 1. The van der Waals surface area contributed by atoms with E-state index < -0.39 is 0 Å². The van der Waals surface area contributed by atoms with Gasteiger partial charge in [-0.25, -0.2) is 4.98 Å². The number of rotatable bonds is 3. The summed E-state index contributed by atoms with van der Waals surface area (Å²) in [5.41, 5.74) is 2.49. The lowest BCUT2D eigenvalue weighted by Crippen LogP contribution is -2.48. The van der Waals surface area contributed by atoms with E-state index in [4.69, 9.17) is 0 Å². The van der Waals surface area contributed by atoms with Crippen LogP contribution in [0.5, 0.6) is 0 Å². The van der Waals surface area contributed by atoms with Crippen molar-refractivity contribution in [3.05, 3.63) is 47.6 Å². The van der Waals surface area contributed by atoms with E-state index in [0.717, 1.165) is 48.9 Å². The Morgan fingerprint density at radius 1 is 1.17 bits per heavy atom. The second-order valence-electron chi connectivity index (χ2n) is 5.96. The van der Waals surface area contributed by atoms with Gasteiger partial charge in [-0.15, -0.1) is 11.3 Å². The standard InChI is InChI=1S/C18H20N4OS/c1-2-20-8-10-21(11-9-20)17(23)15-16(14-6-4-3-5-7-14)22-12-13-24-18(22)19-15/h3-7,12-13H,2,8-11H2,1H3. The van der Waals surface area contributed by atoms with Crippen LogP contribution in [0.1, 0.15) is 17.4 Å². The molecular formula is C18H20N4OS. The molecule has 1 saturated heterocycles. The first-order valence-electron chi connectivity index (χ1n) is 8.30. The number of carbonyl (C=O) groups excluding carboxylic acids is 1. The minimum Gasteiger partial charge on any atom is -0.335 e. The molecule has 1 aliphatic rings. The molecule has 0 atom stereocenters. The summed E-state index contributed by atoms with van der Waals surface area (Å²) in [7, 11) is 0. The van der Waals surface area contributed by atoms with Crippen LogP contribution < -0.4 is 0 Å². The molecule has 124 valence electrons. The topological polar surface area (TPSA) is 40.8 Å². The number of piperazine rings is 1. The average molecular weight is 340 g/mol. The molecule has 0 N–H and O–H groups in total. The van der Waals surface area contributed by atoms with Gasteiger partial charge in [0, 0.05) is 43.3 Å². The van der Waals surface area contributed by atoms with Crippen molar-refractivity contribution in [2.24, 2.45) is 0 Å². The Morgan fingerprint density at radius 2 is 1.92 bits per heavy atom. The van der Waals surface area contributed by atoms with Gasteiger partial charge in [-0.2, -0.15) is 0 Å². The van der Waals surface area contributed by atoms with Gasteiger partial charge in [0.15, 0.2) is 10.7 Å². The molecule has 0 radical (unpaired) electrons. The molecule has 3 heterocycles. The lowest BCUT2D eigenvalue weighted by Gasteiger charge is -2.33. The largest absolute Gasteiger partial charge is 0.335 e. The zero-order chi connectivity index (χ0) is 16.5. The van der Waals surface area contributed by atoms with Crippen molar-refractivity contribution in [2.45, 2.75) is 6.92 Å². The van der Waals surface area contributed by atoms with E-state index in [1.165, 1.54) is 0 Å². The van der Waals surface area contributed by atoms with Crippen LogP contribution in [0.3, 0.4) is 0 Å². The molecule has 1 amide bonds. The number of imidazole rings is 1. The fourth-order valence-corrected chi connectivity index (χ4v) is 3.94. The highest BCUT2D eigenvalue weighted by Gasteiger charge is 2.27. The Morgan fingerprint density at radius 3 is 2.62 bits per heavy atom. The van der Waals surface area contributed by atoms with E-state index in [1.807, 2.05) is 51.2 Å². The number of nitrogens with zero attached hydrogens (tertiary/aromatic N) is 4. The van der Waals surface area contributed by atoms with Gasteiger partial charge in [0.1, 0.15) is 0 Å². The summed E-state index contributed by atoms with van der Waals surface area (Å²) in [6.07, 6.45) is 1.99. The van der Waals surface area contributed by atoms with Gasteiger partial charge in [0.05, 0.1) is 5.69 Å². The predicted molar refractivity (Wildman–Crippen MR) is 96.5 cm³/mol. The zero-order valence-electron chi connectivity index (χ0n) is 13.7. The predicted octanol–water partition coefficient (Wildman–Crippen LogP) is 2.84. The van der Waals surface area contributed by atoms with E-state index >= 15 is 0 Å². The van der Waals surface area contributed by atoms with Crippen molar-refractivity contribution in [2.75, 3.05) is 32.7 Å². The Bertz CT molecular complexity index is 846. The third kappa shape index (κ3) is 2.61. The molecule has 1 aliphatic heterocycles. The van der Waals surface area contributed by atoms with Crippen LogP contribution in [0, 0.1) is 0 Å². The normalized spacial score (nSPS) is 16.0. The van der Waals surface area contributed by atoms with E-state index in [2.05, 4.69) is 16.8 Å². The molecule has 24 heavy (non-hydrogen) atoms. The molecule has 6 heteroatoms. The first kappa shape index (κ1) is 15.4. The number of hydrogen-bond donors (Lipinski definition) is 0. The van der Waals surface area contributed by atoms with Crippen LogP contribution in [0.4, 0.5) is 0 Å². The van der Waals surface area contributed by atoms with Crippen molar-refractivity contribution in [1.82, 2.24) is 19.2 Å². The summed E-state index contributed by atoms with van der Waals surface area (Å²) >= 11 is 1.56. The lowest BCUT2D eigenvalue weighted by molar-refractivity contribution is 0.0639. The number of benzene rings is 1. The molecular weight excluding hydrogens is 320 g/mol. The van der Waals surface area contributed by atoms with Crippen molar-refractivity contribution < 1.29 is 4.79 Å². The van der Waals surface area contributed by atoms with Crippen LogP contribution in [-0.2, 0) is 0 Å². The highest BCUT2D eigenvalue weighted by atomic mass is 32.1. The number of carbonyl (C=O) groups is 1. The van der Waals surface area contributed by atoms with Crippen LogP contribution in [0.15, 0.2) is 41.9 Å². The maximum atomic E-state index is 13.1. The third-order valence-electron chi connectivity index (χ3n) is 4.62. The molecule has 5 nitrogen and oxygen atoms in total. The molecule has 0 spiro atoms. The number of hydrogen-bond acceptors (Lipinski definition) is 4. The second kappa shape index (κ2) is 6.37. The Labute approximate surface area is 145 Å². The Hall–Kier alpha value is -2.18. The first-order chi connectivity index (χ1) is 11.8. The maximum absolute atomic E-state index is 13.1. The molecule has 2 aromatic heterocycles. The number of likely N-dealkylation sites (N-methyl/N-ethyl adjacent to an activating group) is 1. The number of aromatic nitrogens is 2. The summed E-state index contributed by atoms with van der Waals surface area (Å²) in [6.45, 7) is 6.61. The van der Waals surface area contributed by atoms with Crippen molar-refractivity contribution in [3.63, 3.8) is 0 Å². The molecule has 0 aliphatic carbocycles. The summed E-state index contributed by atoms with van der Waals surface area (Å²) in [4.78, 5) is 22.9. The summed E-state index contributed by atoms with van der Waals surface area (Å²) in [5.74, 6) is 0.0421. The van der Waals surface area contributed by atoms with Gasteiger partial charge in [-0.3, -0.25) is 9.20 Å². The number of amides is 1. The summed E-state index contributed by atoms with van der Waals surface area (Å²) in [6, 6.07) is 10.0. The van der Waals surface area contributed by atoms with Crippen LogP contribution in [0.2, 0.25) is 0 Å². The molecule has 3 aromatic rings. The fraction of sp³-hybridized carbons (Fsp3) is 0.333. The van der Waals surface area contributed by atoms with Gasteiger partial charge in [0.2, 0.25) is 0 Å². The van der Waals surface area contributed by atoms with Crippen molar-refractivity contribution >= 4 is 22.2 Å². The Kier molecular flexibility index (Phi) is 4.08. The van der Waals surface area contributed by atoms with E-state index in [1.54, 1.807) is 11.3 Å². The van der Waals surface area contributed by atoms with Crippen molar-refractivity contribution in [1.29, 1.82) is 0 Å². The van der Waals surface area contributed by atoms with Crippen LogP contribution in [-0.4, -0.2) is 57.8 Å². The minimum atomic E-state index is 0.0421. The van der Waals surface area contributed by atoms with Gasteiger partial charge in [-0.1, -0.05) is 37.3 Å². The highest BCUT2D eigenvalue weighted by Crippen LogP contribution is 2.28. The second-order valence-corrected chi connectivity index (χ2v) is 6.83. The molecule has 0 unspecified atom stereocenters. The van der Waals surface area contributed by atoms with E-state index in [9.17, 15) is 4.79 Å². The zero-order valence-corrected chi connectivity index (χ0v) is 14.5. The smallest absolute Gasteiger partial charge is 0.274 e. The van der Waals surface area contributed by atoms with E-state index in [0.29, 0.717) is 5.69 Å². The minimum absolute atomic E-state index is 0.0421. The summed E-state index contributed by atoms with van der Waals surface area (Å²) in [5, 5.41) is 2.00. The van der Waals surface area contributed by atoms with Gasteiger partial charge in [0.25, 0.3) is 5.91 Å². The fourth-order valence-electron chi connectivity index (χ4n) is 3.22. The van der Waals surface area contributed by atoms with Crippen molar-refractivity contribution in [3.8, 4) is 11.3 Å². The molecule has 1 aromatic carbocycles. The third-order valence-corrected chi connectivity index (χ3v) is 5.38. The van der Waals surface area contributed by atoms with Crippen LogP contribution >= 0.6 is 11.3 Å². The maximum Gasteiger partial charge on any atom is 0.274 e. The van der Waals surface area contributed by atoms with Gasteiger partial charge in [-0.05, 0) is 6.54 Å². The van der Waals surface area contributed by atoms with Crippen LogP contribution in [0.25, 0.3) is 16.2 Å². The van der Waals surface area contributed by atoms with Gasteiger partial charge >= 0.3 is 0 Å². The summed E-state index contributed by atoms with van der Waals surface area (Å²) < 4.78 is 2.02. The quantitative estimate of drug-likeness (QED) is 0.736. The SMILES string of the molecule is CCN1CCN(C(=O)c2nc3sccn3c2-c2ccccc2)CC1. The first-order valence-corrected chi connectivity index (χ1v) is 9.18. The molecule has 4 rings (SSSR count). The Balaban J connectivity index is 1.72. The van der Waals surface area contributed by atoms with E-state index in [-0.39, 0.29) is 5.91 Å². The highest BCUT2D eigenvalue weighted by molar-refractivity contribution is 7.15. The molecule has 0 saturated carbocycles. The van der Waals surface area contributed by atoms with Gasteiger partial charge < -0.3 is 9.80 Å². The number of thiazole rings is 1. The monoisotopic (exact) mass is 340 g/mol.